The number of ether oxygens (including phenoxy) is 1. The van der Waals surface area contributed by atoms with Crippen LogP contribution in [0.3, 0.4) is 0 Å². The van der Waals surface area contributed by atoms with Crippen LogP contribution in [0, 0.1) is 12.8 Å². The summed E-state index contributed by atoms with van der Waals surface area (Å²) in [5.74, 6) is -0.330. The average Bonchev–Trinajstić information content (AvgIpc) is 3.02. The second-order valence-corrected chi connectivity index (χ2v) is 7.11. The van der Waals surface area contributed by atoms with Crippen LogP contribution < -0.4 is 4.90 Å². The van der Waals surface area contributed by atoms with Gasteiger partial charge in [0.05, 0.1) is 24.1 Å². The highest BCUT2D eigenvalue weighted by Gasteiger charge is 2.34. The van der Waals surface area contributed by atoms with Crippen LogP contribution in [0.15, 0.2) is 48.7 Å². The standard InChI is InChI=1S/C21H19F3N2O2/c1-13-7-17(25-11-15(12-25)20(27)28-2)10-18(8-13)26-6-5-14-9-16(21(22,23)24)3-4-19(14)26/h3-10,15H,11-12H2,1-2H3. The summed E-state index contributed by atoms with van der Waals surface area (Å²) >= 11 is 0. The summed E-state index contributed by atoms with van der Waals surface area (Å²) in [5, 5.41) is 0.535. The van der Waals surface area contributed by atoms with E-state index in [9.17, 15) is 18.0 Å². The molecule has 2 heterocycles. The van der Waals surface area contributed by atoms with Crippen molar-refractivity contribution in [2.24, 2.45) is 5.92 Å². The predicted octanol–water partition coefficient (Wildman–Crippen LogP) is 4.57. The molecule has 4 rings (SSSR count). The van der Waals surface area contributed by atoms with Crippen LogP contribution >= 0.6 is 0 Å². The molecule has 0 bridgehead atoms. The SMILES string of the molecule is COC(=O)C1CN(c2cc(C)cc(-n3ccc4cc(C(F)(F)F)ccc43)c2)C1. The zero-order chi connectivity index (χ0) is 20.1. The minimum Gasteiger partial charge on any atom is -0.469 e. The molecule has 7 heteroatoms. The Balaban J connectivity index is 1.67. The van der Waals surface area contributed by atoms with Crippen LogP contribution in [-0.4, -0.2) is 30.7 Å². The van der Waals surface area contributed by atoms with Crippen molar-refractivity contribution in [3.63, 3.8) is 0 Å². The monoisotopic (exact) mass is 388 g/mol. The van der Waals surface area contributed by atoms with Crippen LogP contribution in [0.4, 0.5) is 18.9 Å². The van der Waals surface area contributed by atoms with Gasteiger partial charge in [0.2, 0.25) is 0 Å². The molecule has 146 valence electrons. The van der Waals surface area contributed by atoms with Gasteiger partial charge in [-0.3, -0.25) is 4.79 Å². The molecule has 3 aromatic rings. The third-order valence-electron chi connectivity index (χ3n) is 5.12. The number of hydrogen-bond acceptors (Lipinski definition) is 3. The van der Waals surface area contributed by atoms with Gasteiger partial charge in [0, 0.05) is 36.0 Å². The number of anilines is 1. The van der Waals surface area contributed by atoms with Crippen molar-refractivity contribution in [1.82, 2.24) is 4.57 Å². The molecule has 1 saturated heterocycles. The van der Waals surface area contributed by atoms with E-state index in [1.807, 2.05) is 29.7 Å². The number of fused-ring (bicyclic) bond motifs is 1. The van der Waals surface area contributed by atoms with Gasteiger partial charge in [-0.05, 0) is 55.0 Å². The van der Waals surface area contributed by atoms with Crippen LogP contribution in [0.1, 0.15) is 11.1 Å². The molecule has 1 aromatic heterocycles. The number of aromatic nitrogens is 1. The highest BCUT2D eigenvalue weighted by atomic mass is 19.4. The summed E-state index contributed by atoms with van der Waals surface area (Å²) < 4.78 is 45.5. The van der Waals surface area contributed by atoms with Crippen LogP contribution in [0.5, 0.6) is 0 Å². The van der Waals surface area contributed by atoms with Gasteiger partial charge in [0.15, 0.2) is 0 Å². The number of esters is 1. The maximum absolute atomic E-state index is 13.0. The first kappa shape index (κ1) is 18.4. The number of carbonyl (C=O) groups is 1. The van der Waals surface area contributed by atoms with E-state index in [1.165, 1.54) is 19.2 Å². The number of nitrogens with zero attached hydrogens (tertiary/aromatic N) is 2. The Bertz CT molecular complexity index is 1050. The van der Waals surface area contributed by atoms with E-state index in [2.05, 4.69) is 4.90 Å². The highest BCUT2D eigenvalue weighted by Crippen LogP contribution is 2.34. The molecule has 0 atom stereocenters. The third-order valence-corrected chi connectivity index (χ3v) is 5.12. The number of benzene rings is 2. The summed E-state index contributed by atoms with van der Waals surface area (Å²) in [6.45, 7) is 3.16. The molecule has 0 saturated carbocycles. The zero-order valence-electron chi connectivity index (χ0n) is 15.5. The van der Waals surface area contributed by atoms with Crippen LogP contribution in [0.25, 0.3) is 16.6 Å². The maximum Gasteiger partial charge on any atom is 0.416 e. The summed E-state index contributed by atoms with van der Waals surface area (Å²) in [6.07, 6.45) is -2.59. The molecule has 0 aliphatic carbocycles. The molecule has 0 amide bonds. The number of hydrogen-bond donors (Lipinski definition) is 0. The lowest BCUT2D eigenvalue weighted by Crippen LogP contribution is -2.50. The van der Waals surface area contributed by atoms with Gasteiger partial charge in [-0.25, -0.2) is 0 Å². The molecule has 0 spiro atoms. The molecular formula is C21H19F3N2O2. The normalized spacial score (nSPS) is 15.0. The summed E-state index contributed by atoms with van der Waals surface area (Å²) in [6, 6.07) is 11.5. The van der Waals surface area contributed by atoms with Gasteiger partial charge in [-0.1, -0.05) is 0 Å². The van der Waals surface area contributed by atoms with Gasteiger partial charge < -0.3 is 14.2 Å². The molecule has 1 fully saturated rings. The van der Waals surface area contributed by atoms with Gasteiger partial charge in [-0.2, -0.15) is 13.2 Å². The van der Waals surface area contributed by atoms with Crippen molar-refractivity contribution in [1.29, 1.82) is 0 Å². The number of carbonyl (C=O) groups excluding carboxylic acids is 1. The van der Waals surface area contributed by atoms with E-state index in [-0.39, 0.29) is 11.9 Å². The molecule has 0 N–H and O–H groups in total. The molecule has 0 radical (unpaired) electrons. The molecule has 4 nitrogen and oxygen atoms in total. The Kier molecular flexibility index (Phi) is 4.33. The minimum absolute atomic E-state index is 0.123. The second kappa shape index (κ2) is 6.58. The fraction of sp³-hybridized carbons (Fsp3) is 0.286. The Hall–Kier alpha value is -2.96. The average molecular weight is 388 g/mol. The lowest BCUT2D eigenvalue weighted by molar-refractivity contribution is -0.146. The smallest absolute Gasteiger partial charge is 0.416 e. The third kappa shape index (κ3) is 3.21. The van der Waals surface area contributed by atoms with E-state index in [0.717, 1.165) is 23.0 Å². The van der Waals surface area contributed by atoms with Crippen LogP contribution in [-0.2, 0) is 15.7 Å². The van der Waals surface area contributed by atoms with Crippen molar-refractivity contribution < 1.29 is 22.7 Å². The van der Waals surface area contributed by atoms with Gasteiger partial charge in [0.1, 0.15) is 0 Å². The van der Waals surface area contributed by atoms with Crippen LogP contribution in [0.2, 0.25) is 0 Å². The zero-order valence-corrected chi connectivity index (χ0v) is 15.5. The maximum atomic E-state index is 13.0. The van der Waals surface area contributed by atoms with Crippen molar-refractivity contribution >= 4 is 22.6 Å². The summed E-state index contributed by atoms with van der Waals surface area (Å²) in [4.78, 5) is 13.7. The topological polar surface area (TPSA) is 34.5 Å². The summed E-state index contributed by atoms with van der Waals surface area (Å²) in [7, 11) is 1.39. The van der Waals surface area contributed by atoms with E-state index < -0.39 is 11.7 Å². The first-order valence-corrected chi connectivity index (χ1v) is 8.89. The Morgan fingerprint density at radius 3 is 2.46 bits per heavy atom. The van der Waals surface area contributed by atoms with Crippen molar-refractivity contribution in [3.8, 4) is 5.69 Å². The Morgan fingerprint density at radius 1 is 1.07 bits per heavy atom. The molecule has 1 aliphatic heterocycles. The van der Waals surface area contributed by atoms with Crippen molar-refractivity contribution in [2.45, 2.75) is 13.1 Å². The van der Waals surface area contributed by atoms with Gasteiger partial charge in [0.25, 0.3) is 0 Å². The molecule has 1 aliphatic rings. The Labute approximate surface area is 160 Å². The lowest BCUT2D eigenvalue weighted by Gasteiger charge is -2.39. The van der Waals surface area contributed by atoms with E-state index in [4.69, 9.17) is 4.74 Å². The van der Waals surface area contributed by atoms with E-state index in [0.29, 0.717) is 24.0 Å². The van der Waals surface area contributed by atoms with Crippen molar-refractivity contribution in [3.05, 3.63) is 59.8 Å². The molecule has 0 unspecified atom stereocenters. The second-order valence-electron chi connectivity index (χ2n) is 7.11. The summed E-state index contributed by atoms with van der Waals surface area (Å²) in [5.41, 5.74) is 2.93. The fourth-order valence-corrected chi connectivity index (χ4v) is 3.61. The quantitative estimate of drug-likeness (QED) is 0.617. The lowest BCUT2D eigenvalue weighted by atomic mass is 9.99. The number of halogens is 3. The first-order chi connectivity index (χ1) is 13.3. The molecule has 2 aromatic carbocycles. The number of aryl methyl sites for hydroxylation is 1. The fourth-order valence-electron chi connectivity index (χ4n) is 3.61. The number of alkyl halides is 3. The molecule has 28 heavy (non-hydrogen) atoms. The van der Waals surface area contributed by atoms with Gasteiger partial charge >= 0.3 is 12.1 Å². The van der Waals surface area contributed by atoms with E-state index in [1.54, 1.807) is 12.3 Å². The number of methoxy groups -OCH3 is 1. The number of rotatable bonds is 3. The predicted molar refractivity (Wildman–Crippen MR) is 101 cm³/mol. The highest BCUT2D eigenvalue weighted by molar-refractivity contribution is 5.83. The van der Waals surface area contributed by atoms with E-state index >= 15 is 0 Å². The van der Waals surface area contributed by atoms with Crippen molar-refractivity contribution in [2.75, 3.05) is 25.1 Å². The Morgan fingerprint density at radius 2 is 1.79 bits per heavy atom. The molecular weight excluding hydrogens is 369 g/mol. The van der Waals surface area contributed by atoms with Gasteiger partial charge in [-0.15, -0.1) is 0 Å². The largest absolute Gasteiger partial charge is 0.469 e. The first-order valence-electron chi connectivity index (χ1n) is 8.89. The minimum atomic E-state index is -4.36.